The average molecular weight is 411 g/mol. The third kappa shape index (κ3) is 4.84. The Bertz CT molecular complexity index is 867. The Hall–Kier alpha value is -2.44. The molecule has 0 N–H and O–H groups in total. The summed E-state index contributed by atoms with van der Waals surface area (Å²) in [4.78, 5) is 24.3. The van der Waals surface area contributed by atoms with Gasteiger partial charge in [-0.1, -0.05) is 23.2 Å². The molecule has 142 valence electrons. The van der Waals surface area contributed by atoms with E-state index in [1.165, 1.54) is 13.0 Å². The largest absolute Gasteiger partial charge is 0.486 e. The first kappa shape index (κ1) is 19.3. The first-order valence-corrected chi connectivity index (χ1v) is 8.91. The van der Waals surface area contributed by atoms with Crippen LogP contribution in [0.5, 0.6) is 17.2 Å². The Kier molecular flexibility index (Phi) is 6.08. The van der Waals surface area contributed by atoms with Crippen LogP contribution in [-0.2, 0) is 9.53 Å². The standard InChI is InChI=1S/C19H16Cl2O6/c1-11(27-16-5-3-13(20)9-14(16)21)19(23)26-10-15(22)12-2-4-17-18(8-12)25-7-6-24-17/h2-5,8-9,11H,6-7,10H2,1H3/t11-/m0/s1. The summed E-state index contributed by atoms with van der Waals surface area (Å²) >= 11 is 11.8. The molecule has 0 aliphatic carbocycles. The number of hydrogen-bond donors (Lipinski definition) is 0. The topological polar surface area (TPSA) is 71.1 Å². The van der Waals surface area contributed by atoms with Crippen molar-refractivity contribution in [1.82, 2.24) is 0 Å². The van der Waals surface area contributed by atoms with Gasteiger partial charge in [-0.15, -0.1) is 0 Å². The molecule has 2 aromatic rings. The lowest BCUT2D eigenvalue weighted by molar-refractivity contribution is -0.149. The van der Waals surface area contributed by atoms with E-state index in [9.17, 15) is 9.59 Å². The van der Waals surface area contributed by atoms with Gasteiger partial charge >= 0.3 is 5.97 Å². The molecule has 6 nitrogen and oxygen atoms in total. The highest BCUT2D eigenvalue weighted by molar-refractivity contribution is 6.35. The fourth-order valence-electron chi connectivity index (χ4n) is 2.36. The first-order chi connectivity index (χ1) is 12.9. The van der Waals surface area contributed by atoms with Crippen LogP contribution in [0.15, 0.2) is 36.4 Å². The summed E-state index contributed by atoms with van der Waals surface area (Å²) in [5.74, 6) is 0.316. The van der Waals surface area contributed by atoms with Crippen LogP contribution in [-0.4, -0.2) is 37.7 Å². The minimum atomic E-state index is -0.947. The zero-order chi connectivity index (χ0) is 19.4. The molecule has 0 bridgehead atoms. The van der Waals surface area contributed by atoms with Crippen molar-refractivity contribution in [1.29, 1.82) is 0 Å². The molecule has 0 saturated heterocycles. The molecule has 0 saturated carbocycles. The van der Waals surface area contributed by atoms with E-state index in [-0.39, 0.29) is 10.8 Å². The summed E-state index contributed by atoms with van der Waals surface area (Å²) in [5, 5.41) is 0.724. The van der Waals surface area contributed by atoms with Gasteiger partial charge in [0.1, 0.15) is 19.0 Å². The molecule has 1 heterocycles. The molecular formula is C19H16Cl2O6. The van der Waals surface area contributed by atoms with Gasteiger partial charge in [0.15, 0.2) is 30.0 Å². The van der Waals surface area contributed by atoms with Crippen LogP contribution in [0.1, 0.15) is 17.3 Å². The molecular weight excluding hydrogens is 395 g/mol. The second kappa shape index (κ2) is 8.50. The van der Waals surface area contributed by atoms with E-state index in [2.05, 4.69) is 0 Å². The highest BCUT2D eigenvalue weighted by Gasteiger charge is 2.20. The van der Waals surface area contributed by atoms with Crippen LogP contribution in [0.4, 0.5) is 0 Å². The lowest BCUT2D eigenvalue weighted by Gasteiger charge is -2.18. The van der Waals surface area contributed by atoms with Crippen molar-refractivity contribution in [2.75, 3.05) is 19.8 Å². The number of ether oxygens (including phenoxy) is 4. The van der Waals surface area contributed by atoms with Crippen molar-refractivity contribution in [3.63, 3.8) is 0 Å². The van der Waals surface area contributed by atoms with Gasteiger partial charge in [0.25, 0.3) is 0 Å². The number of rotatable bonds is 6. The molecule has 0 fully saturated rings. The number of carbonyl (C=O) groups is 2. The Balaban J connectivity index is 1.55. The molecule has 1 aliphatic heterocycles. The van der Waals surface area contributed by atoms with Gasteiger partial charge in [-0.3, -0.25) is 4.79 Å². The van der Waals surface area contributed by atoms with Crippen LogP contribution < -0.4 is 14.2 Å². The SMILES string of the molecule is C[C@H](Oc1ccc(Cl)cc1Cl)C(=O)OCC(=O)c1ccc2c(c1)OCCO2. The second-order valence-corrected chi connectivity index (χ2v) is 6.57. The van der Waals surface area contributed by atoms with Crippen molar-refractivity contribution in [3.8, 4) is 17.2 Å². The minimum Gasteiger partial charge on any atom is -0.486 e. The Morgan fingerprint density at radius 2 is 1.81 bits per heavy atom. The number of Topliss-reactive ketones (excluding diaryl/α,β-unsaturated/α-hetero) is 1. The molecule has 2 aromatic carbocycles. The molecule has 0 spiro atoms. The summed E-state index contributed by atoms with van der Waals surface area (Å²) in [6.45, 7) is 1.97. The number of hydrogen-bond acceptors (Lipinski definition) is 6. The monoisotopic (exact) mass is 410 g/mol. The van der Waals surface area contributed by atoms with Gasteiger partial charge in [-0.2, -0.15) is 0 Å². The maximum Gasteiger partial charge on any atom is 0.347 e. The number of ketones is 1. The van der Waals surface area contributed by atoms with Crippen molar-refractivity contribution in [2.24, 2.45) is 0 Å². The average Bonchev–Trinajstić information content (AvgIpc) is 2.67. The Morgan fingerprint density at radius 3 is 2.56 bits per heavy atom. The van der Waals surface area contributed by atoms with Gasteiger partial charge in [0, 0.05) is 10.6 Å². The second-order valence-electron chi connectivity index (χ2n) is 5.72. The summed E-state index contributed by atoms with van der Waals surface area (Å²) in [6.07, 6.45) is -0.947. The highest BCUT2D eigenvalue weighted by Crippen LogP contribution is 2.31. The normalized spacial score (nSPS) is 13.6. The van der Waals surface area contributed by atoms with Gasteiger partial charge < -0.3 is 18.9 Å². The van der Waals surface area contributed by atoms with Crippen LogP contribution >= 0.6 is 23.2 Å². The zero-order valence-electron chi connectivity index (χ0n) is 14.4. The van der Waals surface area contributed by atoms with Crippen molar-refractivity contribution in [2.45, 2.75) is 13.0 Å². The lowest BCUT2D eigenvalue weighted by Crippen LogP contribution is -2.28. The fourth-order valence-corrected chi connectivity index (χ4v) is 2.82. The third-order valence-corrected chi connectivity index (χ3v) is 4.27. The van der Waals surface area contributed by atoms with E-state index in [0.29, 0.717) is 41.0 Å². The summed E-state index contributed by atoms with van der Waals surface area (Å²) in [5.41, 5.74) is 0.362. The molecule has 0 unspecified atom stereocenters. The summed E-state index contributed by atoms with van der Waals surface area (Å²) in [6, 6.07) is 9.45. The highest BCUT2D eigenvalue weighted by atomic mass is 35.5. The predicted molar refractivity (Wildman–Crippen MR) is 99.3 cm³/mol. The van der Waals surface area contributed by atoms with E-state index in [0.717, 1.165) is 0 Å². The van der Waals surface area contributed by atoms with Gasteiger partial charge in [0.2, 0.25) is 0 Å². The zero-order valence-corrected chi connectivity index (χ0v) is 15.9. The molecule has 0 amide bonds. The number of fused-ring (bicyclic) bond motifs is 1. The number of carbonyl (C=O) groups excluding carboxylic acids is 2. The molecule has 3 rings (SSSR count). The maximum absolute atomic E-state index is 12.3. The lowest BCUT2D eigenvalue weighted by atomic mass is 10.1. The predicted octanol–water partition coefficient (Wildman–Crippen LogP) is 3.96. The van der Waals surface area contributed by atoms with Crippen molar-refractivity contribution in [3.05, 3.63) is 52.0 Å². The van der Waals surface area contributed by atoms with Gasteiger partial charge in [-0.25, -0.2) is 4.79 Å². The van der Waals surface area contributed by atoms with Crippen molar-refractivity contribution >= 4 is 35.0 Å². The molecule has 27 heavy (non-hydrogen) atoms. The summed E-state index contributed by atoms with van der Waals surface area (Å²) in [7, 11) is 0. The van der Waals surface area contributed by atoms with Gasteiger partial charge in [-0.05, 0) is 43.3 Å². The number of esters is 1. The third-order valence-electron chi connectivity index (χ3n) is 3.74. The van der Waals surface area contributed by atoms with Gasteiger partial charge in [0.05, 0.1) is 5.02 Å². The minimum absolute atomic E-state index is 0.273. The van der Waals surface area contributed by atoms with Crippen LogP contribution in [0.2, 0.25) is 10.0 Å². The molecule has 1 aliphatic rings. The number of halogens is 2. The quantitative estimate of drug-likeness (QED) is 0.530. The fraction of sp³-hybridized carbons (Fsp3) is 0.263. The molecule has 1 atom stereocenters. The Labute approximate surface area is 165 Å². The van der Waals surface area contributed by atoms with E-state index in [1.54, 1.807) is 30.3 Å². The van der Waals surface area contributed by atoms with Crippen LogP contribution in [0.3, 0.4) is 0 Å². The van der Waals surface area contributed by atoms with E-state index in [1.807, 2.05) is 0 Å². The summed E-state index contributed by atoms with van der Waals surface area (Å²) < 4.78 is 21.3. The smallest absolute Gasteiger partial charge is 0.347 e. The van der Waals surface area contributed by atoms with Crippen LogP contribution in [0.25, 0.3) is 0 Å². The maximum atomic E-state index is 12.3. The van der Waals surface area contributed by atoms with E-state index < -0.39 is 18.7 Å². The molecule has 0 radical (unpaired) electrons. The number of benzene rings is 2. The van der Waals surface area contributed by atoms with Crippen LogP contribution in [0, 0.1) is 0 Å². The molecule has 0 aromatic heterocycles. The molecule has 8 heteroatoms. The van der Waals surface area contributed by atoms with E-state index in [4.69, 9.17) is 42.1 Å². The first-order valence-electron chi connectivity index (χ1n) is 8.15. The van der Waals surface area contributed by atoms with Crippen molar-refractivity contribution < 1.29 is 28.5 Å². The Morgan fingerprint density at radius 1 is 1.07 bits per heavy atom. The van der Waals surface area contributed by atoms with E-state index >= 15 is 0 Å².